The van der Waals surface area contributed by atoms with Crippen LogP contribution >= 0.6 is 0 Å². The zero-order chi connectivity index (χ0) is 21.8. The first-order valence-electron chi connectivity index (χ1n) is 9.19. The van der Waals surface area contributed by atoms with Crippen LogP contribution in [0.2, 0.25) is 0 Å². The lowest BCUT2D eigenvalue weighted by atomic mass is 9.80. The summed E-state index contributed by atoms with van der Waals surface area (Å²) >= 11 is 0. The van der Waals surface area contributed by atoms with Gasteiger partial charge in [-0.2, -0.15) is 26.3 Å². The number of halogens is 6. The highest BCUT2D eigenvalue weighted by Gasteiger charge is 2.59. The molecule has 0 amide bonds. The van der Waals surface area contributed by atoms with Crippen molar-refractivity contribution in [2.75, 3.05) is 0 Å². The minimum Gasteiger partial charge on any atom is -0.459 e. The standard InChI is InChI=1S/C18H26F6O4/c1-4-15(2,3)14(26)28-16(9-6-5-7-10-16)11-8-12(25)27-13(17(19,20)21)18(22,23)24/h13H,4-11H2,1-3H3. The molecule has 0 saturated heterocycles. The Balaban J connectivity index is 2.83. The Kier molecular flexibility index (Phi) is 7.81. The molecule has 1 aliphatic rings. The summed E-state index contributed by atoms with van der Waals surface area (Å²) in [6.07, 6.45) is -13.1. The monoisotopic (exact) mass is 420 g/mol. The number of carbonyl (C=O) groups excluding carboxylic acids is 2. The number of ether oxygens (including phenoxy) is 2. The van der Waals surface area contributed by atoms with Gasteiger partial charge in [0.05, 0.1) is 5.41 Å². The van der Waals surface area contributed by atoms with Gasteiger partial charge in [0.15, 0.2) is 0 Å². The Morgan fingerprint density at radius 1 is 0.964 bits per heavy atom. The Bertz CT molecular complexity index is 533. The van der Waals surface area contributed by atoms with E-state index >= 15 is 0 Å². The van der Waals surface area contributed by atoms with Gasteiger partial charge in [-0.25, -0.2) is 0 Å². The van der Waals surface area contributed by atoms with Crippen LogP contribution in [0.3, 0.4) is 0 Å². The lowest BCUT2D eigenvalue weighted by Gasteiger charge is -2.39. The Morgan fingerprint density at radius 2 is 1.46 bits per heavy atom. The van der Waals surface area contributed by atoms with E-state index in [4.69, 9.17) is 4.74 Å². The molecule has 10 heteroatoms. The second-order valence-electron chi connectivity index (χ2n) is 7.82. The first-order valence-corrected chi connectivity index (χ1v) is 9.19. The van der Waals surface area contributed by atoms with Gasteiger partial charge in [-0.05, 0) is 52.4 Å². The lowest BCUT2D eigenvalue weighted by molar-refractivity contribution is -0.313. The second-order valence-corrected chi connectivity index (χ2v) is 7.82. The Hall–Kier alpha value is -1.48. The van der Waals surface area contributed by atoms with Gasteiger partial charge in [0.1, 0.15) is 5.60 Å². The number of alkyl halides is 6. The van der Waals surface area contributed by atoms with Crippen LogP contribution in [0.5, 0.6) is 0 Å². The third-order valence-corrected chi connectivity index (χ3v) is 5.14. The molecule has 0 aromatic rings. The molecule has 0 aromatic carbocycles. The van der Waals surface area contributed by atoms with E-state index in [1.807, 2.05) is 0 Å². The minimum absolute atomic E-state index is 0.181. The predicted octanol–water partition coefficient (Wildman–Crippen LogP) is 5.49. The fourth-order valence-electron chi connectivity index (χ4n) is 2.92. The summed E-state index contributed by atoms with van der Waals surface area (Å²) in [5, 5.41) is 0. The molecule has 1 saturated carbocycles. The number of hydrogen-bond donors (Lipinski definition) is 0. The Labute approximate surface area is 159 Å². The third kappa shape index (κ3) is 6.84. The lowest BCUT2D eigenvalue weighted by Crippen LogP contribution is -2.46. The first kappa shape index (κ1) is 24.6. The van der Waals surface area contributed by atoms with Crippen molar-refractivity contribution in [1.29, 1.82) is 0 Å². The molecule has 0 heterocycles. The fraction of sp³-hybridized carbons (Fsp3) is 0.889. The van der Waals surface area contributed by atoms with E-state index in [0.717, 1.165) is 6.42 Å². The van der Waals surface area contributed by atoms with Crippen molar-refractivity contribution in [2.45, 2.75) is 96.2 Å². The van der Waals surface area contributed by atoms with Crippen LogP contribution in [-0.2, 0) is 19.1 Å². The van der Waals surface area contributed by atoms with Crippen molar-refractivity contribution in [1.82, 2.24) is 0 Å². The van der Waals surface area contributed by atoms with Gasteiger partial charge >= 0.3 is 24.3 Å². The van der Waals surface area contributed by atoms with Gasteiger partial charge in [-0.15, -0.1) is 0 Å². The molecular weight excluding hydrogens is 394 g/mol. The second kappa shape index (κ2) is 8.90. The molecule has 4 nitrogen and oxygen atoms in total. The Morgan fingerprint density at radius 3 is 1.89 bits per heavy atom. The summed E-state index contributed by atoms with van der Waals surface area (Å²) in [7, 11) is 0. The molecule has 1 rings (SSSR count). The largest absolute Gasteiger partial charge is 0.459 e. The van der Waals surface area contributed by atoms with Crippen LogP contribution in [0, 0.1) is 5.41 Å². The smallest absolute Gasteiger partial charge is 0.434 e. The molecule has 1 fully saturated rings. The molecule has 28 heavy (non-hydrogen) atoms. The average Bonchev–Trinajstić information content (AvgIpc) is 2.56. The quantitative estimate of drug-likeness (QED) is 0.404. The summed E-state index contributed by atoms with van der Waals surface area (Å²) in [6.45, 7) is 5.15. The van der Waals surface area contributed by atoms with Crippen molar-refractivity contribution in [3.05, 3.63) is 0 Å². The highest BCUT2D eigenvalue weighted by molar-refractivity contribution is 5.76. The zero-order valence-electron chi connectivity index (χ0n) is 16.1. The molecule has 0 aromatic heterocycles. The van der Waals surface area contributed by atoms with Crippen LogP contribution in [0.4, 0.5) is 26.3 Å². The highest BCUT2D eigenvalue weighted by Crippen LogP contribution is 2.39. The molecule has 0 radical (unpaired) electrons. The van der Waals surface area contributed by atoms with Gasteiger partial charge in [0.2, 0.25) is 0 Å². The predicted molar refractivity (Wildman–Crippen MR) is 87.2 cm³/mol. The van der Waals surface area contributed by atoms with E-state index in [2.05, 4.69) is 4.74 Å². The van der Waals surface area contributed by atoms with Crippen molar-refractivity contribution in [3.63, 3.8) is 0 Å². The van der Waals surface area contributed by atoms with E-state index in [9.17, 15) is 35.9 Å². The normalized spacial score (nSPS) is 18.1. The molecule has 0 unspecified atom stereocenters. The van der Waals surface area contributed by atoms with Crippen molar-refractivity contribution in [3.8, 4) is 0 Å². The third-order valence-electron chi connectivity index (χ3n) is 5.14. The minimum atomic E-state index is -5.76. The van der Waals surface area contributed by atoms with Gasteiger partial charge in [0.25, 0.3) is 6.10 Å². The molecule has 0 aliphatic heterocycles. The summed E-state index contributed by atoms with van der Waals surface area (Å²) in [5.74, 6) is -2.14. The maximum Gasteiger partial charge on any atom is 0.434 e. The van der Waals surface area contributed by atoms with Crippen LogP contribution in [0.15, 0.2) is 0 Å². The van der Waals surface area contributed by atoms with E-state index < -0.39 is 47.8 Å². The maximum atomic E-state index is 12.5. The van der Waals surface area contributed by atoms with Crippen molar-refractivity contribution >= 4 is 11.9 Å². The van der Waals surface area contributed by atoms with Crippen LogP contribution < -0.4 is 0 Å². The van der Waals surface area contributed by atoms with Crippen LogP contribution in [0.25, 0.3) is 0 Å². The van der Waals surface area contributed by atoms with Crippen molar-refractivity contribution < 1.29 is 45.4 Å². The van der Waals surface area contributed by atoms with E-state index in [1.165, 1.54) is 0 Å². The van der Waals surface area contributed by atoms with Gasteiger partial charge in [0, 0.05) is 6.42 Å². The first-order chi connectivity index (χ1) is 12.6. The molecule has 164 valence electrons. The number of rotatable bonds is 7. The summed E-state index contributed by atoms with van der Waals surface area (Å²) in [5.41, 5.74) is -1.87. The molecule has 1 aliphatic carbocycles. The van der Waals surface area contributed by atoms with Crippen molar-refractivity contribution in [2.24, 2.45) is 5.41 Å². The molecule has 0 N–H and O–H groups in total. The van der Waals surface area contributed by atoms with Gasteiger partial charge in [-0.3, -0.25) is 9.59 Å². The van der Waals surface area contributed by atoms with Crippen LogP contribution in [-0.4, -0.2) is 36.0 Å². The number of hydrogen-bond acceptors (Lipinski definition) is 4. The number of carbonyl (C=O) groups is 2. The van der Waals surface area contributed by atoms with E-state index in [-0.39, 0.29) is 6.42 Å². The SMILES string of the molecule is CCC(C)(C)C(=O)OC1(CCC(=O)OC(C(F)(F)F)C(F)(F)F)CCCCC1. The zero-order valence-corrected chi connectivity index (χ0v) is 16.1. The molecular formula is C18H26F6O4. The van der Waals surface area contributed by atoms with Gasteiger partial charge in [-0.1, -0.05) is 13.3 Å². The summed E-state index contributed by atoms with van der Waals surface area (Å²) in [4.78, 5) is 24.1. The topological polar surface area (TPSA) is 52.6 Å². The molecule has 0 bridgehead atoms. The molecule has 0 spiro atoms. The molecule has 0 atom stereocenters. The maximum absolute atomic E-state index is 12.5. The average molecular weight is 420 g/mol. The fourth-order valence-corrected chi connectivity index (χ4v) is 2.92. The number of esters is 2. The summed E-state index contributed by atoms with van der Waals surface area (Å²) in [6, 6.07) is 0. The van der Waals surface area contributed by atoms with Gasteiger partial charge < -0.3 is 9.47 Å². The summed E-state index contributed by atoms with van der Waals surface area (Å²) < 4.78 is 84.4. The van der Waals surface area contributed by atoms with E-state index in [0.29, 0.717) is 32.1 Å². The van der Waals surface area contributed by atoms with Crippen LogP contribution in [0.1, 0.15) is 72.1 Å². The highest BCUT2D eigenvalue weighted by atomic mass is 19.4. The van der Waals surface area contributed by atoms with E-state index in [1.54, 1.807) is 20.8 Å².